The largest absolute Gasteiger partial charge is 0.300 e. The second kappa shape index (κ2) is 6.80. The van der Waals surface area contributed by atoms with Gasteiger partial charge in [-0.05, 0) is 45.2 Å². The lowest BCUT2D eigenvalue weighted by Crippen LogP contribution is -2.31. The van der Waals surface area contributed by atoms with E-state index in [0.29, 0.717) is 6.42 Å². The average molecular weight is 213 g/mol. The first-order chi connectivity index (χ1) is 7.27. The van der Waals surface area contributed by atoms with Gasteiger partial charge >= 0.3 is 0 Å². The van der Waals surface area contributed by atoms with E-state index in [-0.39, 0.29) is 5.91 Å². The molecule has 1 saturated heterocycles. The van der Waals surface area contributed by atoms with Crippen LogP contribution >= 0.6 is 0 Å². The normalized spacial score (nSPS) is 21.9. The molecule has 1 amide bonds. The Kier molecular flexibility index (Phi) is 5.65. The smallest absolute Gasteiger partial charge is 0.233 e. The Morgan fingerprint density at radius 3 is 3.00 bits per heavy atom. The van der Waals surface area contributed by atoms with Gasteiger partial charge in [0.25, 0.3) is 0 Å². The Balaban J connectivity index is 2.06. The number of hydrogen-bond acceptors (Lipinski definition) is 3. The maximum absolute atomic E-state index is 10.9. The van der Waals surface area contributed by atoms with Gasteiger partial charge in [-0.3, -0.25) is 10.2 Å². The average Bonchev–Trinajstić information content (AvgIpc) is 2.71. The van der Waals surface area contributed by atoms with Crippen LogP contribution in [0.3, 0.4) is 0 Å². The van der Waals surface area contributed by atoms with Crippen molar-refractivity contribution < 1.29 is 4.79 Å². The zero-order valence-corrected chi connectivity index (χ0v) is 9.67. The third kappa shape index (κ3) is 4.18. The summed E-state index contributed by atoms with van der Waals surface area (Å²) in [5.74, 6) is 4.96. The third-order valence-corrected chi connectivity index (χ3v) is 3.23. The van der Waals surface area contributed by atoms with Crippen molar-refractivity contribution in [3.05, 3.63) is 0 Å². The summed E-state index contributed by atoms with van der Waals surface area (Å²) in [5.41, 5.74) is 2.16. The lowest BCUT2D eigenvalue weighted by atomic mass is 10.1. The third-order valence-electron chi connectivity index (χ3n) is 3.23. The van der Waals surface area contributed by atoms with Crippen molar-refractivity contribution in [1.82, 2.24) is 10.3 Å². The minimum absolute atomic E-state index is 0.0523. The van der Waals surface area contributed by atoms with E-state index in [1.54, 1.807) is 0 Å². The van der Waals surface area contributed by atoms with Crippen molar-refractivity contribution >= 4 is 5.91 Å². The number of carbonyl (C=O) groups excluding carboxylic acids is 1. The molecule has 0 radical (unpaired) electrons. The van der Waals surface area contributed by atoms with Crippen molar-refractivity contribution in [2.24, 2.45) is 5.84 Å². The predicted molar refractivity (Wildman–Crippen MR) is 61.1 cm³/mol. The molecular weight excluding hydrogens is 190 g/mol. The molecule has 0 spiro atoms. The van der Waals surface area contributed by atoms with Crippen LogP contribution in [-0.2, 0) is 4.79 Å². The number of amides is 1. The first-order valence-electron chi connectivity index (χ1n) is 6.01. The molecule has 4 nitrogen and oxygen atoms in total. The van der Waals surface area contributed by atoms with Crippen molar-refractivity contribution in [3.8, 4) is 0 Å². The fourth-order valence-electron chi connectivity index (χ4n) is 2.32. The molecule has 1 aliphatic heterocycles. The van der Waals surface area contributed by atoms with Gasteiger partial charge in [0, 0.05) is 12.5 Å². The van der Waals surface area contributed by atoms with Crippen molar-refractivity contribution in [2.45, 2.75) is 51.5 Å². The van der Waals surface area contributed by atoms with Crippen molar-refractivity contribution in [2.75, 3.05) is 13.1 Å². The minimum atomic E-state index is -0.0523. The number of likely N-dealkylation sites (tertiary alicyclic amines) is 1. The van der Waals surface area contributed by atoms with Crippen LogP contribution < -0.4 is 11.3 Å². The topological polar surface area (TPSA) is 58.4 Å². The molecule has 0 aromatic rings. The van der Waals surface area contributed by atoms with Gasteiger partial charge in [-0.15, -0.1) is 0 Å². The number of hydrazine groups is 1. The van der Waals surface area contributed by atoms with Crippen LogP contribution in [-0.4, -0.2) is 29.9 Å². The summed E-state index contributed by atoms with van der Waals surface area (Å²) in [4.78, 5) is 13.4. The molecule has 1 atom stereocenters. The molecule has 3 N–H and O–H groups in total. The monoisotopic (exact) mass is 213 g/mol. The number of nitrogens with one attached hydrogen (secondary N) is 1. The van der Waals surface area contributed by atoms with Gasteiger partial charge in [-0.1, -0.05) is 6.92 Å². The lowest BCUT2D eigenvalue weighted by Gasteiger charge is -2.22. The van der Waals surface area contributed by atoms with Crippen LogP contribution in [0, 0.1) is 0 Å². The molecule has 1 rings (SSSR count). The standard InChI is InChI=1S/C11H23N3O/c1-2-10-6-5-9-14(10)8-4-3-7-11(15)13-12/h10H,2-9,12H2,1H3,(H,13,15). The van der Waals surface area contributed by atoms with Crippen LogP contribution in [0.15, 0.2) is 0 Å². The Hall–Kier alpha value is -0.610. The highest BCUT2D eigenvalue weighted by molar-refractivity contribution is 5.75. The van der Waals surface area contributed by atoms with E-state index in [9.17, 15) is 4.79 Å². The zero-order chi connectivity index (χ0) is 11.1. The molecule has 1 aliphatic rings. The fraction of sp³-hybridized carbons (Fsp3) is 0.909. The Labute approximate surface area is 92.2 Å². The first kappa shape index (κ1) is 12.5. The van der Waals surface area contributed by atoms with Gasteiger partial charge in [0.05, 0.1) is 0 Å². The molecule has 15 heavy (non-hydrogen) atoms. The molecule has 1 unspecified atom stereocenters. The number of carbonyl (C=O) groups is 1. The summed E-state index contributed by atoms with van der Waals surface area (Å²) in [6.07, 6.45) is 6.53. The van der Waals surface area contributed by atoms with E-state index in [4.69, 9.17) is 5.84 Å². The minimum Gasteiger partial charge on any atom is -0.300 e. The van der Waals surface area contributed by atoms with Crippen LogP contribution in [0.1, 0.15) is 45.4 Å². The molecule has 88 valence electrons. The maximum atomic E-state index is 10.9. The summed E-state index contributed by atoms with van der Waals surface area (Å²) < 4.78 is 0. The molecule has 4 heteroatoms. The van der Waals surface area contributed by atoms with Gasteiger partial charge < -0.3 is 4.90 Å². The number of rotatable bonds is 6. The quantitative estimate of drug-likeness (QED) is 0.300. The second-order valence-electron chi connectivity index (χ2n) is 4.26. The van der Waals surface area contributed by atoms with Crippen molar-refractivity contribution in [1.29, 1.82) is 0 Å². The van der Waals surface area contributed by atoms with Gasteiger partial charge in [-0.2, -0.15) is 0 Å². The maximum Gasteiger partial charge on any atom is 0.233 e. The van der Waals surface area contributed by atoms with Gasteiger partial charge in [-0.25, -0.2) is 5.84 Å². The van der Waals surface area contributed by atoms with E-state index in [2.05, 4.69) is 17.2 Å². The molecular formula is C11H23N3O. The molecule has 0 bridgehead atoms. The van der Waals surface area contributed by atoms with Gasteiger partial charge in [0.2, 0.25) is 5.91 Å². The molecule has 0 aromatic carbocycles. The van der Waals surface area contributed by atoms with Gasteiger partial charge in [0.1, 0.15) is 0 Å². The van der Waals surface area contributed by atoms with E-state index < -0.39 is 0 Å². The predicted octanol–water partition coefficient (Wildman–Crippen LogP) is 1.02. The summed E-state index contributed by atoms with van der Waals surface area (Å²) in [5, 5.41) is 0. The first-order valence-corrected chi connectivity index (χ1v) is 6.01. The van der Waals surface area contributed by atoms with Crippen molar-refractivity contribution in [3.63, 3.8) is 0 Å². The Morgan fingerprint density at radius 1 is 1.53 bits per heavy atom. The molecule has 1 fully saturated rings. The summed E-state index contributed by atoms with van der Waals surface area (Å²) >= 11 is 0. The summed E-state index contributed by atoms with van der Waals surface area (Å²) in [6.45, 7) is 4.63. The fourth-order valence-corrected chi connectivity index (χ4v) is 2.32. The second-order valence-corrected chi connectivity index (χ2v) is 4.26. The molecule has 0 aliphatic carbocycles. The van der Waals surface area contributed by atoms with Crippen LogP contribution in [0.4, 0.5) is 0 Å². The van der Waals surface area contributed by atoms with E-state index in [1.807, 2.05) is 0 Å². The highest BCUT2D eigenvalue weighted by atomic mass is 16.2. The number of nitrogens with two attached hydrogens (primary N) is 1. The Bertz CT molecular complexity index is 196. The zero-order valence-electron chi connectivity index (χ0n) is 9.67. The summed E-state index contributed by atoms with van der Waals surface area (Å²) in [6, 6.07) is 0.785. The lowest BCUT2D eigenvalue weighted by molar-refractivity contribution is -0.121. The summed E-state index contributed by atoms with van der Waals surface area (Å²) in [7, 11) is 0. The van der Waals surface area contributed by atoms with Gasteiger partial charge in [0.15, 0.2) is 0 Å². The number of nitrogens with zero attached hydrogens (tertiary/aromatic N) is 1. The molecule has 0 aromatic heterocycles. The highest BCUT2D eigenvalue weighted by Crippen LogP contribution is 2.20. The van der Waals surface area contributed by atoms with Crippen LogP contribution in [0.25, 0.3) is 0 Å². The van der Waals surface area contributed by atoms with Crippen LogP contribution in [0.2, 0.25) is 0 Å². The molecule has 0 saturated carbocycles. The van der Waals surface area contributed by atoms with Crippen LogP contribution in [0.5, 0.6) is 0 Å². The number of hydrogen-bond donors (Lipinski definition) is 2. The SMILES string of the molecule is CCC1CCCN1CCCCC(=O)NN. The van der Waals surface area contributed by atoms with E-state index in [1.165, 1.54) is 25.8 Å². The highest BCUT2D eigenvalue weighted by Gasteiger charge is 2.21. The van der Waals surface area contributed by atoms with E-state index in [0.717, 1.165) is 25.4 Å². The Morgan fingerprint density at radius 2 is 2.33 bits per heavy atom. The molecule has 1 heterocycles. The van der Waals surface area contributed by atoms with E-state index >= 15 is 0 Å². The number of unbranched alkanes of at least 4 members (excludes halogenated alkanes) is 1.